The van der Waals surface area contributed by atoms with Gasteiger partial charge in [-0.3, -0.25) is 4.79 Å². The van der Waals surface area contributed by atoms with Crippen LogP contribution in [0.5, 0.6) is 11.5 Å². The molecule has 3 nitrogen and oxygen atoms in total. The number of ether oxygens (including phenoxy) is 1. The first-order chi connectivity index (χ1) is 7.06. The first-order valence-electron chi connectivity index (χ1n) is 4.95. The first kappa shape index (κ1) is 11.6. The van der Waals surface area contributed by atoms with Gasteiger partial charge in [-0.05, 0) is 18.1 Å². The summed E-state index contributed by atoms with van der Waals surface area (Å²) in [4.78, 5) is 11.7. The van der Waals surface area contributed by atoms with Crippen molar-refractivity contribution in [2.45, 2.75) is 20.3 Å². The second-order valence-electron chi connectivity index (χ2n) is 3.88. The summed E-state index contributed by atoms with van der Waals surface area (Å²) in [5, 5.41) is 9.73. The number of rotatable bonds is 4. The van der Waals surface area contributed by atoms with Gasteiger partial charge >= 0.3 is 0 Å². The maximum absolute atomic E-state index is 11.7. The molecule has 0 unspecified atom stereocenters. The second kappa shape index (κ2) is 4.82. The molecule has 0 aliphatic rings. The highest BCUT2D eigenvalue weighted by Gasteiger charge is 2.15. The average Bonchev–Trinajstić information content (AvgIpc) is 2.17. The molecule has 0 bridgehead atoms. The normalized spacial score (nSPS) is 10.4. The van der Waals surface area contributed by atoms with Crippen LogP contribution < -0.4 is 4.74 Å². The van der Waals surface area contributed by atoms with Gasteiger partial charge in [-0.25, -0.2) is 0 Å². The molecule has 0 radical (unpaired) electrons. The number of hydrogen-bond acceptors (Lipinski definition) is 3. The van der Waals surface area contributed by atoms with E-state index in [1.807, 2.05) is 13.8 Å². The summed E-state index contributed by atoms with van der Waals surface area (Å²) in [6.45, 7) is 3.93. The van der Waals surface area contributed by atoms with Crippen molar-refractivity contribution in [1.29, 1.82) is 0 Å². The van der Waals surface area contributed by atoms with Gasteiger partial charge < -0.3 is 9.84 Å². The van der Waals surface area contributed by atoms with E-state index < -0.39 is 0 Å². The summed E-state index contributed by atoms with van der Waals surface area (Å²) < 4.78 is 4.94. The number of benzene rings is 1. The number of carbonyl (C=O) groups is 1. The van der Waals surface area contributed by atoms with Gasteiger partial charge in [0.05, 0.1) is 12.7 Å². The van der Waals surface area contributed by atoms with Gasteiger partial charge in [0, 0.05) is 6.42 Å². The van der Waals surface area contributed by atoms with Gasteiger partial charge in [0.2, 0.25) is 0 Å². The molecule has 0 saturated carbocycles. The summed E-state index contributed by atoms with van der Waals surface area (Å²) in [6.07, 6.45) is 0.431. The third-order valence-electron chi connectivity index (χ3n) is 2.11. The van der Waals surface area contributed by atoms with Gasteiger partial charge in [-0.15, -0.1) is 0 Å². The van der Waals surface area contributed by atoms with Gasteiger partial charge in [0.15, 0.2) is 17.3 Å². The zero-order chi connectivity index (χ0) is 11.4. The van der Waals surface area contributed by atoms with Crippen LogP contribution in [0.1, 0.15) is 30.6 Å². The SMILES string of the molecule is COc1cccc(C(=O)CC(C)C)c1O. The number of phenolic OH excluding ortho intramolecular Hbond substituents is 1. The van der Waals surface area contributed by atoms with Crippen molar-refractivity contribution in [2.24, 2.45) is 5.92 Å². The van der Waals surface area contributed by atoms with Crippen molar-refractivity contribution in [2.75, 3.05) is 7.11 Å². The van der Waals surface area contributed by atoms with Crippen LogP contribution in [0.4, 0.5) is 0 Å². The van der Waals surface area contributed by atoms with E-state index in [1.54, 1.807) is 18.2 Å². The first-order valence-corrected chi connectivity index (χ1v) is 4.95. The fourth-order valence-electron chi connectivity index (χ4n) is 1.39. The maximum atomic E-state index is 11.7. The zero-order valence-electron chi connectivity index (χ0n) is 9.28. The largest absolute Gasteiger partial charge is 0.504 e. The quantitative estimate of drug-likeness (QED) is 0.774. The lowest BCUT2D eigenvalue weighted by molar-refractivity contribution is 0.0964. The summed E-state index contributed by atoms with van der Waals surface area (Å²) in [5.41, 5.74) is 0.336. The predicted octanol–water partition coefficient (Wildman–Crippen LogP) is 2.63. The van der Waals surface area contributed by atoms with E-state index in [0.29, 0.717) is 17.7 Å². The number of hydrogen-bond donors (Lipinski definition) is 1. The molecule has 0 amide bonds. The Hall–Kier alpha value is -1.51. The molecule has 0 atom stereocenters. The molecule has 0 aromatic heterocycles. The van der Waals surface area contributed by atoms with Gasteiger partial charge in [-0.1, -0.05) is 19.9 Å². The van der Waals surface area contributed by atoms with E-state index >= 15 is 0 Å². The third kappa shape index (κ3) is 2.72. The Labute approximate surface area is 89.7 Å². The monoisotopic (exact) mass is 208 g/mol. The molecule has 0 fully saturated rings. The van der Waals surface area contributed by atoms with Crippen molar-refractivity contribution in [3.63, 3.8) is 0 Å². The molecule has 15 heavy (non-hydrogen) atoms. The molecule has 1 aromatic carbocycles. The fraction of sp³-hybridized carbons (Fsp3) is 0.417. The minimum Gasteiger partial charge on any atom is -0.504 e. The average molecular weight is 208 g/mol. The molecule has 0 aliphatic heterocycles. The lowest BCUT2D eigenvalue weighted by Crippen LogP contribution is -2.04. The molecule has 0 saturated heterocycles. The second-order valence-corrected chi connectivity index (χ2v) is 3.88. The number of para-hydroxylation sites is 1. The number of methoxy groups -OCH3 is 1. The fourth-order valence-corrected chi connectivity index (χ4v) is 1.39. The van der Waals surface area contributed by atoms with E-state index in [2.05, 4.69) is 0 Å². The maximum Gasteiger partial charge on any atom is 0.168 e. The number of ketones is 1. The molecular formula is C12H16O3. The lowest BCUT2D eigenvalue weighted by Gasteiger charge is -2.08. The highest BCUT2D eigenvalue weighted by atomic mass is 16.5. The van der Waals surface area contributed by atoms with Crippen LogP contribution in [0.25, 0.3) is 0 Å². The van der Waals surface area contributed by atoms with Crippen LogP contribution in [0.15, 0.2) is 18.2 Å². The van der Waals surface area contributed by atoms with Gasteiger partial charge in [0.25, 0.3) is 0 Å². The molecule has 0 heterocycles. The van der Waals surface area contributed by atoms with E-state index in [4.69, 9.17) is 4.74 Å². The number of phenols is 1. The van der Waals surface area contributed by atoms with Crippen molar-refractivity contribution in [1.82, 2.24) is 0 Å². The number of carbonyl (C=O) groups excluding carboxylic acids is 1. The minimum absolute atomic E-state index is 0.0543. The summed E-state index contributed by atoms with van der Waals surface area (Å²) in [7, 11) is 1.46. The third-order valence-corrected chi connectivity index (χ3v) is 2.11. The van der Waals surface area contributed by atoms with E-state index in [-0.39, 0.29) is 17.5 Å². The van der Waals surface area contributed by atoms with Crippen LogP contribution in [0.2, 0.25) is 0 Å². The number of Topliss-reactive ketones (excluding diaryl/α,β-unsaturated/α-hetero) is 1. The Morgan fingerprint density at radius 2 is 2.13 bits per heavy atom. The van der Waals surface area contributed by atoms with E-state index in [9.17, 15) is 9.90 Å². The van der Waals surface area contributed by atoms with E-state index in [1.165, 1.54) is 7.11 Å². The van der Waals surface area contributed by atoms with Crippen LogP contribution in [-0.4, -0.2) is 18.0 Å². The van der Waals surface area contributed by atoms with Crippen molar-refractivity contribution in [3.8, 4) is 11.5 Å². The Morgan fingerprint density at radius 1 is 1.47 bits per heavy atom. The molecule has 82 valence electrons. The van der Waals surface area contributed by atoms with Crippen LogP contribution in [0, 0.1) is 5.92 Å². The van der Waals surface area contributed by atoms with Crippen LogP contribution in [0.3, 0.4) is 0 Å². The molecular weight excluding hydrogens is 192 g/mol. The Kier molecular flexibility index (Phi) is 3.72. The molecule has 0 aliphatic carbocycles. The lowest BCUT2D eigenvalue weighted by atomic mass is 10.0. The van der Waals surface area contributed by atoms with Crippen molar-refractivity contribution in [3.05, 3.63) is 23.8 Å². The summed E-state index contributed by atoms with van der Waals surface area (Å²) >= 11 is 0. The zero-order valence-corrected chi connectivity index (χ0v) is 9.28. The molecule has 3 heteroatoms. The molecule has 1 N–H and O–H groups in total. The highest BCUT2D eigenvalue weighted by Crippen LogP contribution is 2.30. The van der Waals surface area contributed by atoms with Crippen LogP contribution in [-0.2, 0) is 0 Å². The highest BCUT2D eigenvalue weighted by molar-refractivity contribution is 5.99. The topological polar surface area (TPSA) is 46.5 Å². The Morgan fingerprint density at radius 3 is 2.67 bits per heavy atom. The summed E-state index contributed by atoms with van der Waals surface area (Å²) in [6, 6.07) is 4.94. The Bertz CT molecular complexity index is 356. The Balaban J connectivity index is 2.99. The number of aromatic hydroxyl groups is 1. The van der Waals surface area contributed by atoms with Crippen LogP contribution >= 0.6 is 0 Å². The summed E-state index contributed by atoms with van der Waals surface area (Å²) in [5.74, 6) is 0.500. The molecule has 0 spiro atoms. The van der Waals surface area contributed by atoms with E-state index in [0.717, 1.165) is 0 Å². The van der Waals surface area contributed by atoms with Gasteiger partial charge in [0.1, 0.15) is 0 Å². The minimum atomic E-state index is -0.0642. The molecule has 1 rings (SSSR count). The smallest absolute Gasteiger partial charge is 0.168 e. The standard InChI is InChI=1S/C12H16O3/c1-8(2)7-10(13)9-5-4-6-11(15-3)12(9)14/h4-6,8,14H,7H2,1-3H3. The van der Waals surface area contributed by atoms with Crippen molar-refractivity contribution < 1.29 is 14.6 Å². The van der Waals surface area contributed by atoms with Crippen molar-refractivity contribution >= 4 is 5.78 Å². The predicted molar refractivity (Wildman–Crippen MR) is 58.4 cm³/mol. The molecule has 1 aromatic rings. The van der Waals surface area contributed by atoms with Gasteiger partial charge in [-0.2, -0.15) is 0 Å².